The lowest BCUT2D eigenvalue weighted by molar-refractivity contribution is -0.121. The van der Waals surface area contributed by atoms with Crippen molar-refractivity contribution in [2.24, 2.45) is 5.92 Å². The molecule has 1 aromatic heterocycles. The number of carbonyl (C=O) groups excluding carboxylic acids is 1. The maximum absolute atomic E-state index is 13.4. The first kappa shape index (κ1) is 25.5. The number of amides is 1. The third-order valence-corrected chi connectivity index (χ3v) is 6.47. The number of hydrogen-bond acceptors (Lipinski definition) is 4. The number of carbonyl (C=O) groups is 1. The van der Waals surface area contributed by atoms with E-state index in [1.807, 2.05) is 28.8 Å². The van der Waals surface area contributed by atoms with Crippen LogP contribution < -0.4 is 5.32 Å². The number of hydrogen-bond donors (Lipinski definition) is 1. The number of nitrogens with zero attached hydrogens (tertiary/aromatic N) is 3. The lowest BCUT2D eigenvalue weighted by atomic mass is 10.1. The molecule has 176 valence electrons. The molecule has 0 unspecified atom stereocenters. The van der Waals surface area contributed by atoms with Crippen LogP contribution in [0.15, 0.2) is 47.6 Å². The first-order chi connectivity index (χ1) is 15.8. The van der Waals surface area contributed by atoms with E-state index in [4.69, 9.17) is 23.2 Å². The molecule has 0 aliphatic heterocycles. The summed E-state index contributed by atoms with van der Waals surface area (Å²) in [6.07, 6.45) is 2.74. The first-order valence-electron chi connectivity index (χ1n) is 10.9. The molecule has 2 aromatic carbocycles. The van der Waals surface area contributed by atoms with Crippen molar-refractivity contribution >= 4 is 40.9 Å². The fraction of sp³-hybridized carbons (Fsp3) is 0.375. The molecule has 0 spiro atoms. The van der Waals surface area contributed by atoms with Gasteiger partial charge in [0.1, 0.15) is 11.6 Å². The van der Waals surface area contributed by atoms with Crippen molar-refractivity contribution in [3.8, 4) is 5.69 Å². The van der Waals surface area contributed by atoms with Crippen LogP contribution >= 0.6 is 35.0 Å². The minimum Gasteiger partial charge on any atom is -0.356 e. The molecule has 0 atom stereocenters. The molecule has 0 aliphatic carbocycles. The van der Waals surface area contributed by atoms with Crippen LogP contribution in [0.5, 0.6) is 0 Å². The molecule has 1 amide bonds. The van der Waals surface area contributed by atoms with Gasteiger partial charge in [-0.15, -0.1) is 10.2 Å². The highest BCUT2D eigenvalue weighted by Crippen LogP contribution is 2.29. The van der Waals surface area contributed by atoms with Crippen molar-refractivity contribution in [3.63, 3.8) is 0 Å². The summed E-state index contributed by atoms with van der Waals surface area (Å²) in [6.45, 7) is 4.84. The molecule has 3 aromatic rings. The quantitative estimate of drug-likeness (QED) is 0.237. The summed E-state index contributed by atoms with van der Waals surface area (Å²) in [5.41, 5.74) is 1.68. The van der Waals surface area contributed by atoms with E-state index in [0.29, 0.717) is 46.3 Å². The SMILES string of the molecule is CC(C)CNC(=O)CCCCc1nnc(SCc2ccc(F)cc2Cl)n1-c1cccc(Cl)c1. The predicted molar refractivity (Wildman–Crippen MR) is 133 cm³/mol. The molecule has 33 heavy (non-hydrogen) atoms. The Kier molecular flexibility index (Phi) is 9.59. The lowest BCUT2D eigenvalue weighted by Gasteiger charge is -2.11. The Balaban J connectivity index is 1.70. The van der Waals surface area contributed by atoms with E-state index in [1.165, 1.54) is 23.9 Å². The molecular formula is C24H27Cl2FN4OS. The van der Waals surface area contributed by atoms with Crippen LogP contribution in [-0.4, -0.2) is 27.2 Å². The topological polar surface area (TPSA) is 59.8 Å². The highest BCUT2D eigenvalue weighted by molar-refractivity contribution is 7.98. The maximum atomic E-state index is 13.4. The monoisotopic (exact) mass is 508 g/mol. The Hall–Kier alpha value is -2.09. The molecule has 0 bridgehead atoms. The number of halogens is 3. The third-order valence-electron chi connectivity index (χ3n) is 4.90. The summed E-state index contributed by atoms with van der Waals surface area (Å²) in [6, 6.07) is 11.9. The Morgan fingerprint density at radius 2 is 1.97 bits per heavy atom. The zero-order valence-electron chi connectivity index (χ0n) is 18.7. The Morgan fingerprint density at radius 1 is 1.15 bits per heavy atom. The van der Waals surface area contributed by atoms with Gasteiger partial charge in [-0.25, -0.2) is 4.39 Å². The van der Waals surface area contributed by atoms with Crippen LogP contribution in [0.1, 0.15) is 44.5 Å². The number of rotatable bonds is 11. The smallest absolute Gasteiger partial charge is 0.220 e. The van der Waals surface area contributed by atoms with E-state index in [-0.39, 0.29) is 11.7 Å². The Bertz CT molecular complexity index is 1090. The average molecular weight is 509 g/mol. The van der Waals surface area contributed by atoms with E-state index >= 15 is 0 Å². The maximum Gasteiger partial charge on any atom is 0.220 e. The summed E-state index contributed by atoms with van der Waals surface area (Å²) in [7, 11) is 0. The molecule has 1 N–H and O–H groups in total. The predicted octanol–water partition coefficient (Wildman–Crippen LogP) is 6.49. The van der Waals surface area contributed by atoms with Gasteiger partial charge in [-0.05, 0) is 54.7 Å². The normalized spacial score (nSPS) is 11.2. The third kappa shape index (κ3) is 7.73. The number of nitrogens with one attached hydrogen (secondary N) is 1. The lowest BCUT2D eigenvalue weighted by Crippen LogP contribution is -2.26. The molecule has 0 saturated carbocycles. The van der Waals surface area contributed by atoms with Gasteiger partial charge in [0.05, 0.1) is 5.69 Å². The molecule has 3 rings (SSSR count). The van der Waals surface area contributed by atoms with Gasteiger partial charge in [-0.2, -0.15) is 0 Å². The Labute approximate surface area is 208 Å². The second-order valence-electron chi connectivity index (χ2n) is 8.14. The van der Waals surface area contributed by atoms with E-state index in [2.05, 4.69) is 29.4 Å². The van der Waals surface area contributed by atoms with Gasteiger partial charge in [-0.1, -0.05) is 60.9 Å². The van der Waals surface area contributed by atoms with Crippen molar-refractivity contribution < 1.29 is 9.18 Å². The van der Waals surface area contributed by atoms with Crippen LogP contribution in [0.2, 0.25) is 10.0 Å². The number of aromatic nitrogens is 3. The van der Waals surface area contributed by atoms with Gasteiger partial charge in [-0.3, -0.25) is 9.36 Å². The van der Waals surface area contributed by atoms with Gasteiger partial charge in [0, 0.05) is 35.2 Å². The largest absolute Gasteiger partial charge is 0.356 e. The molecule has 0 aliphatic rings. The van der Waals surface area contributed by atoms with E-state index < -0.39 is 0 Å². The molecule has 0 fully saturated rings. The highest BCUT2D eigenvalue weighted by Gasteiger charge is 2.16. The first-order valence-corrected chi connectivity index (χ1v) is 12.6. The van der Waals surface area contributed by atoms with Crippen molar-refractivity contribution in [3.05, 3.63) is 69.7 Å². The fourth-order valence-electron chi connectivity index (χ4n) is 3.19. The standard InChI is InChI=1S/C24H27Cl2FN4OS/c1-16(2)14-28-23(32)9-4-3-8-22-29-30-24(31(22)20-7-5-6-18(25)12-20)33-15-17-10-11-19(27)13-21(17)26/h5-7,10-13,16H,3-4,8-9,14-15H2,1-2H3,(H,28,32). The minimum atomic E-state index is -0.365. The Morgan fingerprint density at radius 3 is 2.70 bits per heavy atom. The fourth-order valence-corrected chi connectivity index (χ4v) is 4.66. The van der Waals surface area contributed by atoms with Crippen LogP contribution in [0.3, 0.4) is 0 Å². The highest BCUT2D eigenvalue weighted by atomic mass is 35.5. The molecule has 9 heteroatoms. The second kappa shape index (κ2) is 12.4. The van der Waals surface area contributed by atoms with E-state index in [0.717, 1.165) is 29.9 Å². The van der Waals surface area contributed by atoms with Crippen molar-refractivity contribution in [2.45, 2.75) is 50.4 Å². The summed E-state index contributed by atoms with van der Waals surface area (Å²) >= 11 is 13.9. The summed E-state index contributed by atoms with van der Waals surface area (Å²) < 4.78 is 15.3. The molecule has 5 nitrogen and oxygen atoms in total. The van der Waals surface area contributed by atoms with Crippen LogP contribution in [0.4, 0.5) is 4.39 Å². The van der Waals surface area contributed by atoms with Crippen LogP contribution in [0.25, 0.3) is 5.69 Å². The summed E-state index contributed by atoms with van der Waals surface area (Å²) in [4.78, 5) is 12.0. The number of unbranched alkanes of at least 4 members (excludes halogenated alkanes) is 1. The van der Waals surface area contributed by atoms with Crippen molar-refractivity contribution in [1.29, 1.82) is 0 Å². The zero-order chi connectivity index (χ0) is 23.8. The van der Waals surface area contributed by atoms with Crippen LogP contribution in [-0.2, 0) is 17.0 Å². The summed E-state index contributed by atoms with van der Waals surface area (Å²) in [5, 5.41) is 13.4. The van der Waals surface area contributed by atoms with Crippen molar-refractivity contribution in [2.75, 3.05) is 6.54 Å². The number of aryl methyl sites for hydroxylation is 1. The molecular weight excluding hydrogens is 482 g/mol. The molecule has 0 radical (unpaired) electrons. The molecule has 1 heterocycles. The van der Waals surface area contributed by atoms with Gasteiger partial charge in [0.15, 0.2) is 5.16 Å². The number of benzene rings is 2. The number of thioether (sulfide) groups is 1. The van der Waals surface area contributed by atoms with Gasteiger partial charge >= 0.3 is 0 Å². The van der Waals surface area contributed by atoms with Crippen LogP contribution in [0, 0.1) is 11.7 Å². The van der Waals surface area contributed by atoms with Gasteiger partial charge < -0.3 is 5.32 Å². The van der Waals surface area contributed by atoms with E-state index in [9.17, 15) is 9.18 Å². The average Bonchev–Trinajstić information content (AvgIpc) is 3.17. The van der Waals surface area contributed by atoms with Crippen molar-refractivity contribution in [1.82, 2.24) is 20.1 Å². The van der Waals surface area contributed by atoms with Gasteiger partial charge in [0.25, 0.3) is 0 Å². The van der Waals surface area contributed by atoms with E-state index in [1.54, 1.807) is 6.07 Å². The second-order valence-corrected chi connectivity index (χ2v) is 9.93. The molecule has 0 saturated heterocycles. The zero-order valence-corrected chi connectivity index (χ0v) is 21.0. The van der Waals surface area contributed by atoms with Gasteiger partial charge in [0.2, 0.25) is 5.91 Å². The minimum absolute atomic E-state index is 0.0763. The summed E-state index contributed by atoms with van der Waals surface area (Å²) in [5.74, 6) is 1.47.